The van der Waals surface area contributed by atoms with Gasteiger partial charge in [0.2, 0.25) is 6.79 Å². The van der Waals surface area contributed by atoms with Gasteiger partial charge in [-0.2, -0.15) is 0 Å². The van der Waals surface area contributed by atoms with E-state index in [1.54, 1.807) is 29.9 Å². The van der Waals surface area contributed by atoms with Crippen molar-refractivity contribution in [2.75, 3.05) is 53.7 Å². The van der Waals surface area contributed by atoms with Crippen molar-refractivity contribution in [2.45, 2.75) is 19.4 Å². The van der Waals surface area contributed by atoms with Crippen molar-refractivity contribution in [2.24, 2.45) is 0 Å². The number of pyridine rings is 1. The second-order valence-electron chi connectivity index (χ2n) is 9.31. The fraction of sp³-hybridized carbons (Fsp3) is 0.407. The van der Waals surface area contributed by atoms with Crippen molar-refractivity contribution in [3.63, 3.8) is 0 Å². The lowest BCUT2D eigenvalue weighted by molar-refractivity contribution is 0.104. The molecule has 3 heterocycles. The largest absolute Gasteiger partial charge is 0.493 e. The molecule has 0 radical (unpaired) electrons. The van der Waals surface area contributed by atoms with Crippen LogP contribution in [0.5, 0.6) is 23.0 Å². The topological polar surface area (TPSA) is 91.3 Å². The van der Waals surface area contributed by atoms with Crippen molar-refractivity contribution in [3.05, 3.63) is 45.7 Å². The highest BCUT2D eigenvalue weighted by Gasteiger charge is 2.35. The normalized spacial score (nSPS) is 16.2. The minimum Gasteiger partial charge on any atom is -0.493 e. The number of benzene rings is 2. The number of ketones is 1. The van der Waals surface area contributed by atoms with Gasteiger partial charge in [0.25, 0.3) is 5.56 Å². The number of carbonyl (C=O) groups excluding carboxylic acids is 1. The van der Waals surface area contributed by atoms with Crippen molar-refractivity contribution in [3.8, 4) is 34.3 Å². The number of fused-ring (bicyclic) bond motifs is 6. The number of ether oxygens (including phenoxy) is 4. The van der Waals surface area contributed by atoms with Gasteiger partial charge >= 0.3 is 0 Å². The molecule has 2 aromatic carbocycles. The zero-order valence-electron chi connectivity index (χ0n) is 20.9. The molecule has 9 nitrogen and oxygen atoms in total. The monoisotopic (exact) mass is 527 g/mol. The van der Waals surface area contributed by atoms with Gasteiger partial charge in [0.15, 0.2) is 28.8 Å². The zero-order valence-corrected chi connectivity index (χ0v) is 21.7. The number of rotatable bonds is 6. The lowest BCUT2D eigenvalue weighted by Crippen LogP contribution is -2.31. The van der Waals surface area contributed by atoms with Gasteiger partial charge in [0, 0.05) is 36.1 Å². The van der Waals surface area contributed by atoms with Crippen LogP contribution < -0.4 is 29.8 Å². The van der Waals surface area contributed by atoms with Gasteiger partial charge in [-0.05, 0) is 56.7 Å². The van der Waals surface area contributed by atoms with Crippen LogP contribution in [0.3, 0.4) is 0 Å². The quantitative estimate of drug-likeness (QED) is 0.409. The lowest BCUT2D eigenvalue weighted by atomic mass is 10.0. The number of methoxy groups -OCH3 is 2. The first kappa shape index (κ1) is 25.4. The third-order valence-electron chi connectivity index (χ3n) is 7.30. The van der Waals surface area contributed by atoms with E-state index >= 15 is 0 Å². The van der Waals surface area contributed by atoms with Crippen LogP contribution in [0, 0.1) is 0 Å². The highest BCUT2D eigenvalue weighted by molar-refractivity contribution is 6.27. The molecular weight excluding hydrogens is 498 g/mol. The van der Waals surface area contributed by atoms with E-state index in [0.29, 0.717) is 62.7 Å². The lowest BCUT2D eigenvalue weighted by Gasteiger charge is -2.21. The maximum Gasteiger partial charge on any atom is 0.259 e. The molecule has 0 bridgehead atoms. The third-order valence-corrected chi connectivity index (χ3v) is 7.30. The smallest absolute Gasteiger partial charge is 0.259 e. The van der Waals surface area contributed by atoms with Gasteiger partial charge in [-0.25, -0.2) is 0 Å². The highest BCUT2D eigenvalue weighted by atomic mass is 35.5. The fourth-order valence-electron chi connectivity index (χ4n) is 5.53. The Balaban J connectivity index is 0.00000280. The Morgan fingerprint density at radius 1 is 0.892 bits per heavy atom. The van der Waals surface area contributed by atoms with E-state index in [1.165, 1.54) is 7.11 Å². The van der Waals surface area contributed by atoms with Gasteiger partial charge in [-0.15, -0.1) is 12.4 Å². The van der Waals surface area contributed by atoms with Crippen LogP contribution in [0.2, 0.25) is 0 Å². The summed E-state index contributed by atoms with van der Waals surface area (Å²) in [6.45, 7) is 5.54. The van der Waals surface area contributed by atoms with Crippen molar-refractivity contribution < 1.29 is 23.7 Å². The SMILES string of the molecule is COc1cc2c3c(n(CCCN4CCCNCC4)c(=O)c2cc1OC)-c1cc2c(cc1C3=O)OCO2.Cl. The Labute approximate surface area is 220 Å². The molecule has 0 unspecified atom stereocenters. The molecule has 2 aliphatic heterocycles. The predicted molar refractivity (Wildman–Crippen MR) is 142 cm³/mol. The predicted octanol–water partition coefficient (Wildman–Crippen LogP) is 3.07. The Morgan fingerprint density at radius 2 is 1.59 bits per heavy atom. The maximum atomic E-state index is 13.9. The molecule has 3 aromatic rings. The molecule has 196 valence electrons. The Hall–Kier alpha value is -3.27. The molecule has 0 atom stereocenters. The number of hydrogen-bond donors (Lipinski definition) is 1. The first-order chi connectivity index (χ1) is 17.6. The molecule has 1 fully saturated rings. The summed E-state index contributed by atoms with van der Waals surface area (Å²) in [7, 11) is 3.08. The number of halogens is 1. The summed E-state index contributed by atoms with van der Waals surface area (Å²) in [5.41, 5.74) is 2.20. The van der Waals surface area contributed by atoms with Crippen molar-refractivity contribution >= 4 is 29.0 Å². The second-order valence-corrected chi connectivity index (χ2v) is 9.31. The van der Waals surface area contributed by atoms with E-state index in [0.717, 1.165) is 45.6 Å². The summed E-state index contributed by atoms with van der Waals surface area (Å²) < 4.78 is 23.9. The van der Waals surface area contributed by atoms with E-state index in [9.17, 15) is 9.59 Å². The highest BCUT2D eigenvalue weighted by Crippen LogP contribution is 2.46. The van der Waals surface area contributed by atoms with E-state index in [1.807, 2.05) is 6.07 Å². The third kappa shape index (κ3) is 4.21. The molecule has 1 N–H and O–H groups in total. The van der Waals surface area contributed by atoms with E-state index in [2.05, 4.69) is 10.2 Å². The van der Waals surface area contributed by atoms with Crippen LogP contribution in [0.25, 0.3) is 22.0 Å². The summed E-state index contributed by atoms with van der Waals surface area (Å²) >= 11 is 0. The van der Waals surface area contributed by atoms with Crippen molar-refractivity contribution in [1.82, 2.24) is 14.8 Å². The van der Waals surface area contributed by atoms with Gasteiger partial charge in [0.1, 0.15) is 0 Å². The molecule has 3 aliphatic rings. The standard InChI is InChI=1S/C27H29N3O6.ClH/c1-33-20-11-16-19(14-21(20)34-2)27(32)30(9-4-8-29-7-3-5-28-6-10-29)25-17-12-22-23(36-15-35-22)13-18(17)26(31)24(16)25;/h11-14,28H,3-10,15H2,1-2H3;1H. The van der Waals surface area contributed by atoms with E-state index in [4.69, 9.17) is 18.9 Å². The minimum absolute atomic E-state index is 0. The summed E-state index contributed by atoms with van der Waals surface area (Å²) in [6.07, 6.45) is 1.90. The molecule has 10 heteroatoms. The number of hydrogen-bond acceptors (Lipinski definition) is 8. The Morgan fingerprint density at radius 3 is 2.32 bits per heavy atom. The Bertz CT molecular complexity index is 1430. The average molecular weight is 528 g/mol. The van der Waals surface area contributed by atoms with Crippen molar-refractivity contribution in [1.29, 1.82) is 0 Å². The van der Waals surface area contributed by atoms with Crippen LogP contribution in [-0.2, 0) is 6.54 Å². The number of aromatic nitrogens is 1. The van der Waals surface area contributed by atoms with Crippen LogP contribution in [-0.4, -0.2) is 69.0 Å². The first-order valence-electron chi connectivity index (χ1n) is 12.3. The van der Waals surface area contributed by atoms with Crippen LogP contribution in [0.1, 0.15) is 28.8 Å². The van der Waals surface area contributed by atoms with Crippen LogP contribution >= 0.6 is 12.4 Å². The molecule has 6 rings (SSSR count). The van der Waals surface area contributed by atoms with Crippen LogP contribution in [0.4, 0.5) is 0 Å². The minimum atomic E-state index is -0.152. The molecular formula is C27H30ClN3O6. The van der Waals surface area contributed by atoms with Gasteiger partial charge in [-0.3, -0.25) is 9.59 Å². The van der Waals surface area contributed by atoms with E-state index in [-0.39, 0.29) is 30.5 Å². The molecule has 1 saturated heterocycles. The molecule has 1 aliphatic carbocycles. The molecule has 1 aromatic heterocycles. The van der Waals surface area contributed by atoms with Gasteiger partial charge in [0.05, 0.1) is 30.9 Å². The fourth-order valence-corrected chi connectivity index (χ4v) is 5.53. The zero-order chi connectivity index (χ0) is 24.8. The molecule has 0 amide bonds. The number of carbonyl (C=O) groups is 1. The molecule has 0 saturated carbocycles. The molecule has 0 spiro atoms. The number of nitrogens with zero attached hydrogens (tertiary/aromatic N) is 2. The second kappa shape index (κ2) is 10.2. The Kier molecular flexibility index (Phi) is 7.02. The van der Waals surface area contributed by atoms with Gasteiger partial charge < -0.3 is 33.7 Å². The van der Waals surface area contributed by atoms with Crippen LogP contribution in [0.15, 0.2) is 29.1 Å². The summed E-state index contributed by atoms with van der Waals surface area (Å²) in [5.74, 6) is 1.91. The first-order valence-corrected chi connectivity index (χ1v) is 12.3. The summed E-state index contributed by atoms with van der Waals surface area (Å²) in [4.78, 5) is 30.1. The number of nitrogens with one attached hydrogen (secondary N) is 1. The maximum absolute atomic E-state index is 13.9. The van der Waals surface area contributed by atoms with E-state index < -0.39 is 0 Å². The summed E-state index contributed by atoms with van der Waals surface area (Å²) in [5, 5.41) is 4.42. The summed E-state index contributed by atoms with van der Waals surface area (Å²) in [6, 6.07) is 6.96. The average Bonchev–Trinajstić information content (AvgIpc) is 3.35. The molecule has 37 heavy (non-hydrogen) atoms. The van der Waals surface area contributed by atoms with Gasteiger partial charge in [-0.1, -0.05) is 0 Å².